The van der Waals surface area contributed by atoms with Gasteiger partial charge >= 0.3 is 0 Å². The van der Waals surface area contributed by atoms with Gasteiger partial charge in [-0.1, -0.05) is 123 Å². The molecule has 0 saturated carbocycles. The van der Waals surface area contributed by atoms with E-state index < -0.39 is 152 Å². The van der Waals surface area contributed by atoms with E-state index in [2.05, 4.69) is 0 Å². The van der Waals surface area contributed by atoms with E-state index in [1.165, 1.54) is 29.2 Å². The summed E-state index contributed by atoms with van der Waals surface area (Å²) in [6.07, 6.45) is 0. The summed E-state index contributed by atoms with van der Waals surface area (Å²) in [4.78, 5) is 2.05. The van der Waals surface area contributed by atoms with Gasteiger partial charge in [0.1, 0.15) is 11.5 Å². The van der Waals surface area contributed by atoms with Crippen molar-refractivity contribution in [2.75, 3.05) is 9.80 Å². The summed E-state index contributed by atoms with van der Waals surface area (Å²) >= 11 is 0. The molecule has 55 heavy (non-hydrogen) atoms. The lowest BCUT2D eigenvalue weighted by molar-refractivity contribution is 0.487. The van der Waals surface area contributed by atoms with Gasteiger partial charge in [-0.05, 0) is 128 Å². The molecule has 8 aromatic carbocycles. The lowest BCUT2D eigenvalue weighted by Crippen LogP contribution is -2.59. The first-order valence-electron chi connectivity index (χ1n) is 29.6. The molecule has 11 rings (SSSR count). The number of benzene rings is 8. The van der Waals surface area contributed by atoms with E-state index in [0.717, 1.165) is 11.0 Å². The zero-order valence-corrected chi connectivity index (χ0v) is 28.3. The lowest BCUT2D eigenvalue weighted by Gasteiger charge is -2.40. The van der Waals surface area contributed by atoms with Gasteiger partial charge in [-0.2, -0.15) is 0 Å². The lowest BCUT2D eigenvalue weighted by atomic mass is 9.34. The van der Waals surface area contributed by atoms with Gasteiger partial charge in [-0.15, -0.1) is 0 Å². The summed E-state index contributed by atoms with van der Waals surface area (Å²) < 4.78 is 227. The van der Waals surface area contributed by atoms with Crippen molar-refractivity contribution in [3.8, 4) is 33.8 Å². The van der Waals surface area contributed by atoms with Crippen LogP contribution in [-0.4, -0.2) is 6.71 Å². The molecule has 2 aliphatic heterocycles. The molecule has 0 atom stereocenters. The van der Waals surface area contributed by atoms with Crippen LogP contribution in [0.5, 0.6) is 11.5 Å². The molecule has 0 radical (unpaired) electrons. The fourth-order valence-corrected chi connectivity index (χ4v) is 7.85. The number of nitrogens with zero attached hydrogens (tertiary/aromatic N) is 2. The first kappa shape index (κ1) is 15.5. The predicted molar refractivity (Wildman–Crippen MR) is 230 cm³/mol. The first-order chi connectivity index (χ1) is 37.4. The maximum atomic E-state index is 9.41. The molecule has 2 heterocycles. The maximum Gasteiger partial charge on any atom is 0.256 e. The fourth-order valence-electron chi connectivity index (χ4n) is 7.85. The molecule has 1 aliphatic carbocycles. The third kappa shape index (κ3) is 4.84. The Morgan fingerprint density at radius 1 is 0.564 bits per heavy atom. The molecular weight excluding hydrogens is 667 g/mol. The molecule has 260 valence electrons. The van der Waals surface area contributed by atoms with Gasteiger partial charge in [0.25, 0.3) is 6.71 Å². The minimum Gasteiger partial charge on any atom is -0.458 e. The highest BCUT2D eigenvalue weighted by molar-refractivity contribution is 6.99. The standard InChI is InChI=1S/C51H37BN2O/c1-51(2)42-29-25-34(31-41(42)40-28-27-39(33-43(40)51)53(36-15-6-3-7-16-36)37-17-8-4-9-18-37)35-26-30-48-45(32-35)52-44-21-12-13-22-46(44)54(38-19-10-5-11-20-38)47-23-14-24-49(55-48)50(47)52/h3-33H,1-2H3/i1D3,2D3,3D,4D,5D,6D,7D,8D,9D,10D,11D,12D,13D,15D,16D,17D,18D,19D,20D,21D,22D. The number of hydrogen-bond donors (Lipinski definition) is 0. The topological polar surface area (TPSA) is 15.7 Å². The van der Waals surface area contributed by atoms with Crippen molar-refractivity contribution in [3.05, 3.63) is 199 Å². The number of ether oxygens (including phenoxy) is 1. The number of rotatable bonds is 5. The van der Waals surface area contributed by atoms with Crippen molar-refractivity contribution >= 4 is 57.2 Å². The minimum atomic E-state index is -3.40. The monoisotopic (exact) mass is 729 g/mol. The summed E-state index contributed by atoms with van der Waals surface area (Å²) in [5, 5.41) is 0. The Morgan fingerprint density at radius 2 is 1.25 bits per heavy atom. The average Bonchev–Trinajstić information content (AvgIpc) is 3.26. The summed E-state index contributed by atoms with van der Waals surface area (Å²) in [6.45, 7) is -7.85. The Balaban J connectivity index is 1.14. The van der Waals surface area contributed by atoms with Crippen LogP contribution < -0.4 is 30.9 Å². The molecule has 0 saturated heterocycles. The van der Waals surface area contributed by atoms with Gasteiger partial charge in [0.2, 0.25) is 0 Å². The van der Waals surface area contributed by atoms with Gasteiger partial charge in [0.05, 0.1) is 26.0 Å². The highest BCUT2D eigenvalue weighted by atomic mass is 16.5. The number of anilines is 6. The SMILES string of the molecule is [2H]c1c([2H])c([2H])c(N(c2ccc3c(c2)C(C([2H])([2H])[2H])(C([2H])([2H])[2H])c2ccc(-c4ccc5c(c4)B4c6c(cccc6N(c6c([2H])c([2H])c([2H])c([2H])c6[2H])c6c([2H])c([2H])c([2H])c([2H])c64)O5)cc2-3)c2c([2H])c([2H])c([2H])c([2H])c2[2H])c([2H])c1[2H]. The summed E-state index contributed by atoms with van der Waals surface area (Å²) in [5.74, 6) is 0.489. The van der Waals surface area contributed by atoms with Crippen molar-refractivity contribution in [2.45, 2.75) is 19.1 Å². The van der Waals surface area contributed by atoms with Gasteiger partial charge in [-0.3, -0.25) is 0 Å². The Labute approximate surface area is 357 Å². The Kier molecular flexibility index (Phi) is 3.42. The van der Waals surface area contributed by atoms with E-state index in [9.17, 15) is 2.74 Å². The molecule has 0 fully saturated rings. The maximum absolute atomic E-state index is 9.41. The summed E-state index contributed by atoms with van der Waals surface area (Å²) in [6, 6.07) is 3.72. The van der Waals surface area contributed by atoms with Crippen LogP contribution in [0.15, 0.2) is 188 Å². The summed E-state index contributed by atoms with van der Waals surface area (Å²) in [7, 11) is 0. The smallest absolute Gasteiger partial charge is 0.256 e. The zero-order valence-electron chi connectivity index (χ0n) is 53.3. The van der Waals surface area contributed by atoms with E-state index in [1.807, 2.05) is 0 Å². The second-order valence-corrected chi connectivity index (χ2v) is 13.1. The Hall–Kier alpha value is -6.78. The molecule has 0 N–H and O–H groups in total. The molecule has 0 unspecified atom stereocenters. The van der Waals surface area contributed by atoms with Crippen molar-refractivity contribution < 1.29 is 39.0 Å². The predicted octanol–water partition coefficient (Wildman–Crippen LogP) is 11.5. The van der Waals surface area contributed by atoms with Crippen LogP contribution >= 0.6 is 0 Å². The average molecular weight is 730 g/mol. The van der Waals surface area contributed by atoms with Crippen LogP contribution in [0.3, 0.4) is 0 Å². The zero-order chi connectivity index (χ0) is 58.2. The Morgan fingerprint density at radius 3 is 2.02 bits per heavy atom. The van der Waals surface area contributed by atoms with Gasteiger partial charge in [0.15, 0.2) is 0 Å². The second-order valence-electron chi connectivity index (χ2n) is 13.1. The van der Waals surface area contributed by atoms with Gasteiger partial charge < -0.3 is 14.5 Å². The van der Waals surface area contributed by atoms with Gasteiger partial charge in [-0.25, -0.2) is 0 Å². The third-order valence-corrected chi connectivity index (χ3v) is 10.2. The Bertz CT molecular complexity index is 3950. The van der Waals surface area contributed by atoms with Crippen molar-refractivity contribution in [1.82, 2.24) is 0 Å². The van der Waals surface area contributed by atoms with Crippen molar-refractivity contribution in [1.29, 1.82) is 0 Å². The molecule has 8 aromatic rings. The van der Waals surface area contributed by atoms with E-state index in [4.69, 9.17) is 36.3 Å². The van der Waals surface area contributed by atoms with Crippen LogP contribution in [0.1, 0.15) is 59.1 Å². The number of para-hydroxylation sites is 4. The largest absolute Gasteiger partial charge is 0.458 e. The quantitative estimate of drug-likeness (QED) is 0.164. The molecule has 3 aliphatic rings. The highest BCUT2D eigenvalue weighted by Gasteiger charge is 2.42. The van der Waals surface area contributed by atoms with Crippen LogP contribution in [0.2, 0.25) is 0 Å². The normalized spacial score (nSPS) is 20.8. The van der Waals surface area contributed by atoms with Gasteiger partial charge in [0, 0.05) is 47.8 Å². The van der Waals surface area contributed by atoms with E-state index in [0.29, 0.717) is 22.1 Å². The second kappa shape index (κ2) is 12.1. The van der Waals surface area contributed by atoms with Crippen molar-refractivity contribution in [2.24, 2.45) is 0 Å². The van der Waals surface area contributed by atoms with E-state index in [1.54, 1.807) is 42.5 Å². The minimum absolute atomic E-state index is 0.00968. The summed E-state index contributed by atoms with van der Waals surface area (Å²) in [5.41, 5.74) is -3.83. The first-order valence-corrected chi connectivity index (χ1v) is 17.1. The number of fused-ring (bicyclic) bond motifs is 7. The van der Waals surface area contributed by atoms with Crippen LogP contribution in [0.4, 0.5) is 34.1 Å². The third-order valence-electron chi connectivity index (χ3n) is 10.2. The molecule has 0 amide bonds. The fraction of sp³-hybridized carbons (Fsp3) is 0.0588. The molecule has 4 heteroatoms. The molecule has 0 spiro atoms. The van der Waals surface area contributed by atoms with Crippen LogP contribution in [0, 0.1) is 0 Å². The van der Waals surface area contributed by atoms with Crippen LogP contribution in [-0.2, 0) is 5.41 Å². The van der Waals surface area contributed by atoms with E-state index in [-0.39, 0.29) is 62.0 Å². The molecular formula is C51H37BN2O. The van der Waals surface area contributed by atoms with E-state index >= 15 is 0 Å². The molecule has 0 aromatic heterocycles. The van der Waals surface area contributed by atoms with Crippen LogP contribution in [0.25, 0.3) is 22.3 Å². The van der Waals surface area contributed by atoms with Crippen molar-refractivity contribution in [3.63, 3.8) is 0 Å². The highest BCUT2D eigenvalue weighted by Crippen LogP contribution is 2.52. The molecule has 3 nitrogen and oxygen atoms in total. The number of hydrogen-bond acceptors (Lipinski definition) is 3. The molecule has 0 bridgehead atoms.